The van der Waals surface area contributed by atoms with Gasteiger partial charge in [0.15, 0.2) is 0 Å². The molecule has 118 valence electrons. The van der Waals surface area contributed by atoms with E-state index >= 15 is 0 Å². The molecule has 2 rings (SSSR count). The first-order chi connectivity index (χ1) is 9.53. The standard InChI is InChI=1S/C14H29N3O2S/c1-3-16-9-10-17(12-13(16)2)20(18,19)11-6-14-4-7-15-8-5-14/h13-15H,3-12H2,1-2H3. The van der Waals surface area contributed by atoms with Crippen LogP contribution in [0.1, 0.15) is 33.1 Å². The van der Waals surface area contributed by atoms with Crippen LogP contribution in [0.4, 0.5) is 0 Å². The number of piperazine rings is 1. The van der Waals surface area contributed by atoms with Gasteiger partial charge in [-0.25, -0.2) is 8.42 Å². The SMILES string of the molecule is CCN1CCN(S(=O)(=O)CCC2CCNCC2)CC1C. The molecule has 5 nitrogen and oxygen atoms in total. The Morgan fingerprint density at radius 1 is 1.20 bits per heavy atom. The second-order valence-corrected chi connectivity index (χ2v) is 8.22. The number of piperidine rings is 1. The lowest BCUT2D eigenvalue weighted by molar-refractivity contribution is 0.135. The Balaban J connectivity index is 1.83. The molecule has 6 heteroatoms. The largest absolute Gasteiger partial charge is 0.317 e. The Morgan fingerprint density at radius 2 is 1.90 bits per heavy atom. The summed E-state index contributed by atoms with van der Waals surface area (Å²) >= 11 is 0. The summed E-state index contributed by atoms with van der Waals surface area (Å²) < 4.78 is 26.6. The lowest BCUT2D eigenvalue weighted by Gasteiger charge is -2.38. The van der Waals surface area contributed by atoms with Gasteiger partial charge in [0.2, 0.25) is 10.0 Å². The van der Waals surface area contributed by atoms with E-state index in [9.17, 15) is 8.42 Å². The van der Waals surface area contributed by atoms with Crippen LogP contribution in [0, 0.1) is 5.92 Å². The summed E-state index contributed by atoms with van der Waals surface area (Å²) in [6, 6.07) is 0.336. The van der Waals surface area contributed by atoms with E-state index in [2.05, 4.69) is 24.1 Å². The Bertz CT molecular complexity index is 393. The van der Waals surface area contributed by atoms with Crippen molar-refractivity contribution >= 4 is 10.0 Å². The van der Waals surface area contributed by atoms with Gasteiger partial charge in [0.1, 0.15) is 0 Å². The van der Waals surface area contributed by atoms with Gasteiger partial charge in [0.25, 0.3) is 0 Å². The van der Waals surface area contributed by atoms with Gasteiger partial charge in [-0.1, -0.05) is 6.92 Å². The van der Waals surface area contributed by atoms with Crippen LogP contribution in [0.2, 0.25) is 0 Å². The fourth-order valence-electron chi connectivity index (χ4n) is 3.30. The van der Waals surface area contributed by atoms with Gasteiger partial charge in [-0.05, 0) is 51.7 Å². The maximum Gasteiger partial charge on any atom is 0.214 e. The van der Waals surface area contributed by atoms with Crippen molar-refractivity contribution in [3.63, 3.8) is 0 Å². The van der Waals surface area contributed by atoms with Gasteiger partial charge < -0.3 is 5.32 Å². The summed E-state index contributed by atoms with van der Waals surface area (Å²) in [5, 5.41) is 3.33. The molecule has 0 aromatic carbocycles. The summed E-state index contributed by atoms with van der Waals surface area (Å²) in [4.78, 5) is 2.35. The van der Waals surface area contributed by atoms with Crippen molar-refractivity contribution in [1.82, 2.24) is 14.5 Å². The van der Waals surface area contributed by atoms with Crippen LogP contribution in [0.25, 0.3) is 0 Å². The third-order valence-corrected chi connectivity index (χ3v) is 6.64. The zero-order valence-electron chi connectivity index (χ0n) is 12.8. The molecule has 0 aliphatic carbocycles. The first-order valence-corrected chi connectivity index (χ1v) is 9.56. The first-order valence-electron chi connectivity index (χ1n) is 7.95. The van der Waals surface area contributed by atoms with Crippen LogP contribution < -0.4 is 5.32 Å². The third-order valence-electron chi connectivity index (χ3n) is 4.77. The van der Waals surface area contributed by atoms with E-state index in [-0.39, 0.29) is 0 Å². The lowest BCUT2D eigenvalue weighted by atomic mass is 9.96. The molecule has 20 heavy (non-hydrogen) atoms. The number of likely N-dealkylation sites (N-methyl/N-ethyl adjacent to an activating group) is 1. The molecule has 1 unspecified atom stereocenters. The molecule has 0 bridgehead atoms. The molecule has 0 aromatic heterocycles. The van der Waals surface area contributed by atoms with Gasteiger partial charge in [-0.15, -0.1) is 0 Å². The highest BCUT2D eigenvalue weighted by molar-refractivity contribution is 7.89. The second kappa shape index (κ2) is 7.20. The van der Waals surface area contributed by atoms with Gasteiger partial charge in [0.05, 0.1) is 5.75 Å². The minimum Gasteiger partial charge on any atom is -0.317 e. The first kappa shape index (κ1) is 16.2. The van der Waals surface area contributed by atoms with Crippen molar-refractivity contribution in [3.8, 4) is 0 Å². The molecule has 2 aliphatic heterocycles. The van der Waals surface area contributed by atoms with E-state index in [1.54, 1.807) is 4.31 Å². The number of hydrogen-bond acceptors (Lipinski definition) is 4. The van der Waals surface area contributed by atoms with Crippen LogP contribution in [0.15, 0.2) is 0 Å². The van der Waals surface area contributed by atoms with Gasteiger partial charge >= 0.3 is 0 Å². The van der Waals surface area contributed by atoms with Crippen LogP contribution in [-0.4, -0.2) is 68.7 Å². The molecule has 1 atom stereocenters. The summed E-state index contributed by atoms with van der Waals surface area (Å²) in [5.41, 5.74) is 0. The van der Waals surface area contributed by atoms with Crippen molar-refractivity contribution in [2.45, 2.75) is 39.2 Å². The average Bonchev–Trinajstić information content (AvgIpc) is 2.46. The summed E-state index contributed by atoms with van der Waals surface area (Å²) in [5.74, 6) is 0.914. The molecule has 2 heterocycles. The van der Waals surface area contributed by atoms with Crippen LogP contribution in [0.3, 0.4) is 0 Å². The van der Waals surface area contributed by atoms with Crippen LogP contribution in [-0.2, 0) is 10.0 Å². The fourth-order valence-corrected chi connectivity index (χ4v) is 4.99. The van der Waals surface area contributed by atoms with Gasteiger partial charge in [-0.3, -0.25) is 4.90 Å². The molecule has 0 amide bonds. The summed E-state index contributed by atoms with van der Waals surface area (Å²) in [7, 11) is -3.06. The van der Waals surface area contributed by atoms with Crippen LogP contribution in [0.5, 0.6) is 0 Å². The number of nitrogens with zero attached hydrogens (tertiary/aromatic N) is 2. The van der Waals surface area contributed by atoms with E-state index in [0.29, 0.717) is 30.8 Å². The molecule has 2 saturated heterocycles. The van der Waals surface area contributed by atoms with E-state index < -0.39 is 10.0 Å². The number of nitrogens with one attached hydrogen (secondary N) is 1. The monoisotopic (exact) mass is 303 g/mol. The molecule has 1 N–H and O–H groups in total. The number of rotatable bonds is 5. The number of hydrogen-bond donors (Lipinski definition) is 1. The molecule has 0 spiro atoms. The Morgan fingerprint density at radius 3 is 2.50 bits per heavy atom. The van der Waals surface area contributed by atoms with Crippen molar-refractivity contribution in [2.24, 2.45) is 5.92 Å². The van der Waals surface area contributed by atoms with Crippen LogP contribution >= 0.6 is 0 Å². The van der Waals surface area contributed by atoms with Gasteiger partial charge in [0, 0.05) is 25.7 Å². The maximum atomic E-state index is 12.5. The number of sulfonamides is 1. The van der Waals surface area contributed by atoms with Crippen molar-refractivity contribution < 1.29 is 8.42 Å². The highest BCUT2D eigenvalue weighted by Gasteiger charge is 2.30. The molecule has 0 aromatic rings. The molecular weight excluding hydrogens is 274 g/mol. The predicted octanol–water partition coefficient (Wildman–Crippen LogP) is 0.732. The predicted molar refractivity (Wildman–Crippen MR) is 82.3 cm³/mol. The van der Waals surface area contributed by atoms with Crippen molar-refractivity contribution in [1.29, 1.82) is 0 Å². The Hall–Kier alpha value is -0.170. The van der Waals surface area contributed by atoms with Gasteiger partial charge in [-0.2, -0.15) is 4.31 Å². The van der Waals surface area contributed by atoms with E-state index in [1.807, 2.05) is 0 Å². The smallest absolute Gasteiger partial charge is 0.214 e. The molecule has 0 radical (unpaired) electrons. The maximum absolute atomic E-state index is 12.5. The third kappa shape index (κ3) is 4.16. The lowest BCUT2D eigenvalue weighted by Crippen LogP contribution is -2.53. The molecule has 2 aliphatic rings. The summed E-state index contributed by atoms with van der Waals surface area (Å²) in [6.45, 7) is 9.52. The Labute approximate surface area is 123 Å². The van der Waals surface area contributed by atoms with E-state index in [1.165, 1.54) is 0 Å². The molecule has 0 saturated carbocycles. The second-order valence-electron chi connectivity index (χ2n) is 6.13. The average molecular weight is 303 g/mol. The van der Waals surface area contributed by atoms with E-state index in [0.717, 1.165) is 45.4 Å². The molecule has 2 fully saturated rings. The zero-order valence-corrected chi connectivity index (χ0v) is 13.7. The fraction of sp³-hybridized carbons (Fsp3) is 1.00. The van der Waals surface area contributed by atoms with Crippen molar-refractivity contribution in [2.75, 3.05) is 45.0 Å². The summed E-state index contributed by atoms with van der Waals surface area (Å²) in [6.07, 6.45) is 3.07. The minimum absolute atomic E-state index is 0.330. The minimum atomic E-state index is -3.06. The topological polar surface area (TPSA) is 52.7 Å². The Kier molecular flexibility index (Phi) is 5.84. The normalized spacial score (nSPS) is 27.8. The van der Waals surface area contributed by atoms with Crippen molar-refractivity contribution in [3.05, 3.63) is 0 Å². The van der Waals surface area contributed by atoms with E-state index in [4.69, 9.17) is 0 Å². The zero-order chi connectivity index (χ0) is 14.6. The highest BCUT2D eigenvalue weighted by atomic mass is 32.2. The quantitative estimate of drug-likeness (QED) is 0.814. The molecular formula is C14H29N3O2S. The highest BCUT2D eigenvalue weighted by Crippen LogP contribution is 2.19.